The van der Waals surface area contributed by atoms with Gasteiger partial charge in [0.1, 0.15) is 17.8 Å². The van der Waals surface area contributed by atoms with Gasteiger partial charge in [-0.3, -0.25) is 4.79 Å². The van der Waals surface area contributed by atoms with Gasteiger partial charge < -0.3 is 19.6 Å². The normalized spacial score (nSPS) is 16.5. The van der Waals surface area contributed by atoms with Crippen LogP contribution in [0.15, 0.2) is 30.6 Å². The Morgan fingerprint density at radius 2 is 2.19 bits per heavy atom. The van der Waals surface area contributed by atoms with Crippen LogP contribution in [0.4, 0.5) is 0 Å². The lowest BCUT2D eigenvalue weighted by atomic mass is 9.93. The molecule has 0 fully saturated rings. The molecule has 1 aliphatic heterocycles. The van der Waals surface area contributed by atoms with Gasteiger partial charge in [0.15, 0.2) is 11.6 Å². The molecule has 1 aromatic carbocycles. The predicted molar refractivity (Wildman–Crippen MR) is 99.7 cm³/mol. The Kier molecular flexibility index (Phi) is 4.62. The van der Waals surface area contributed by atoms with Crippen molar-refractivity contribution >= 4 is 5.91 Å². The third-order valence-corrected chi connectivity index (χ3v) is 4.82. The standard InChI is InChI=1S/C19H22N6O2/c1-3-8-25-11-21-24-18(25)17-22-14-9-12(10-20-19(26)16(14)23-17)13-6-4-5-7-15(13)27-2/h4-7,11-12H,3,8-10H2,1-2H3,(H,20,26)(H,22,23). The Morgan fingerprint density at radius 1 is 1.33 bits per heavy atom. The van der Waals surface area contributed by atoms with E-state index in [4.69, 9.17) is 4.74 Å². The number of rotatable bonds is 5. The number of imidazole rings is 1. The van der Waals surface area contributed by atoms with Crippen molar-refractivity contribution in [3.8, 4) is 17.4 Å². The molecule has 140 valence electrons. The van der Waals surface area contributed by atoms with Gasteiger partial charge in [-0.2, -0.15) is 0 Å². The van der Waals surface area contributed by atoms with Crippen molar-refractivity contribution in [1.29, 1.82) is 0 Å². The average molecular weight is 366 g/mol. The SMILES string of the molecule is CCCn1cnnc1-c1nc2c([nH]1)CC(c1ccccc1OC)CNC2=O. The summed E-state index contributed by atoms with van der Waals surface area (Å²) in [6.45, 7) is 3.42. The molecule has 0 bridgehead atoms. The molecule has 1 amide bonds. The predicted octanol–water partition coefficient (Wildman–Crippen LogP) is 2.16. The van der Waals surface area contributed by atoms with Gasteiger partial charge >= 0.3 is 0 Å². The number of aryl methyl sites for hydroxylation is 1. The number of carbonyl (C=O) groups is 1. The highest BCUT2D eigenvalue weighted by atomic mass is 16.5. The molecule has 3 heterocycles. The summed E-state index contributed by atoms with van der Waals surface area (Å²) < 4.78 is 7.44. The monoisotopic (exact) mass is 366 g/mol. The van der Waals surface area contributed by atoms with Crippen molar-refractivity contribution < 1.29 is 9.53 Å². The van der Waals surface area contributed by atoms with Crippen LogP contribution in [0.25, 0.3) is 11.6 Å². The second-order valence-corrected chi connectivity index (χ2v) is 6.61. The van der Waals surface area contributed by atoms with Gasteiger partial charge in [-0.25, -0.2) is 4.98 Å². The number of para-hydroxylation sites is 1. The van der Waals surface area contributed by atoms with Gasteiger partial charge in [-0.15, -0.1) is 10.2 Å². The number of ether oxygens (including phenoxy) is 1. The van der Waals surface area contributed by atoms with Crippen molar-refractivity contribution in [2.24, 2.45) is 0 Å². The van der Waals surface area contributed by atoms with E-state index >= 15 is 0 Å². The highest BCUT2D eigenvalue weighted by Gasteiger charge is 2.28. The van der Waals surface area contributed by atoms with Crippen LogP contribution >= 0.6 is 0 Å². The number of aromatic amines is 1. The van der Waals surface area contributed by atoms with Crippen LogP contribution in [0.2, 0.25) is 0 Å². The third kappa shape index (κ3) is 3.18. The molecule has 8 heteroatoms. The lowest BCUT2D eigenvalue weighted by Crippen LogP contribution is -2.26. The van der Waals surface area contributed by atoms with E-state index in [1.54, 1.807) is 13.4 Å². The fourth-order valence-electron chi connectivity index (χ4n) is 3.54. The molecule has 0 spiro atoms. The van der Waals surface area contributed by atoms with Gasteiger partial charge in [-0.1, -0.05) is 25.1 Å². The maximum atomic E-state index is 12.6. The molecule has 2 aromatic heterocycles. The van der Waals surface area contributed by atoms with E-state index in [9.17, 15) is 4.79 Å². The number of benzene rings is 1. The van der Waals surface area contributed by atoms with E-state index in [0.29, 0.717) is 30.3 Å². The van der Waals surface area contributed by atoms with E-state index in [0.717, 1.165) is 30.0 Å². The third-order valence-electron chi connectivity index (χ3n) is 4.82. The molecule has 0 radical (unpaired) electrons. The van der Waals surface area contributed by atoms with Crippen molar-refractivity contribution in [2.45, 2.75) is 32.2 Å². The summed E-state index contributed by atoms with van der Waals surface area (Å²) in [5, 5.41) is 11.1. The Morgan fingerprint density at radius 3 is 3.00 bits per heavy atom. The molecule has 1 unspecified atom stereocenters. The Balaban J connectivity index is 1.70. The lowest BCUT2D eigenvalue weighted by molar-refractivity contribution is 0.0950. The minimum Gasteiger partial charge on any atom is -0.496 e. The Bertz CT molecular complexity index is 961. The van der Waals surface area contributed by atoms with Crippen molar-refractivity contribution in [3.05, 3.63) is 47.5 Å². The van der Waals surface area contributed by atoms with Crippen molar-refractivity contribution in [3.63, 3.8) is 0 Å². The number of aromatic nitrogens is 5. The molecular weight excluding hydrogens is 344 g/mol. The van der Waals surface area contributed by atoms with Gasteiger partial charge in [0.2, 0.25) is 0 Å². The van der Waals surface area contributed by atoms with Crippen LogP contribution in [0.5, 0.6) is 5.75 Å². The van der Waals surface area contributed by atoms with Crippen LogP contribution in [-0.4, -0.2) is 44.3 Å². The molecule has 2 N–H and O–H groups in total. The van der Waals surface area contributed by atoms with Crippen molar-refractivity contribution in [2.75, 3.05) is 13.7 Å². The minimum absolute atomic E-state index is 0.0909. The summed E-state index contributed by atoms with van der Waals surface area (Å²) in [4.78, 5) is 20.4. The molecule has 0 aliphatic carbocycles. The largest absolute Gasteiger partial charge is 0.496 e. The van der Waals surface area contributed by atoms with Crippen LogP contribution in [-0.2, 0) is 13.0 Å². The zero-order chi connectivity index (χ0) is 18.8. The van der Waals surface area contributed by atoms with Gasteiger partial charge in [0.05, 0.1) is 7.11 Å². The molecule has 4 rings (SSSR count). The van der Waals surface area contributed by atoms with Crippen LogP contribution < -0.4 is 10.1 Å². The highest BCUT2D eigenvalue weighted by molar-refractivity contribution is 5.94. The average Bonchev–Trinajstić information content (AvgIpc) is 3.28. The van der Waals surface area contributed by atoms with Gasteiger partial charge in [0, 0.05) is 24.7 Å². The van der Waals surface area contributed by atoms with Gasteiger partial charge in [-0.05, 0) is 24.5 Å². The first kappa shape index (κ1) is 17.3. The fourth-order valence-corrected chi connectivity index (χ4v) is 3.54. The lowest BCUT2D eigenvalue weighted by Gasteiger charge is -2.17. The van der Waals surface area contributed by atoms with E-state index in [1.807, 2.05) is 28.8 Å². The number of fused-ring (bicyclic) bond motifs is 1. The molecule has 8 nitrogen and oxygen atoms in total. The molecular formula is C19H22N6O2. The Labute approximate surface area is 157 Å². The quantitative estimate of drug-likeness (QED) is 0.721. The van der Waals surface area contributed by atoms with Crippen LogP contribution in [0, 0.1) is 0 Å². The first-order valence-corrected chi connectivity index (χ1v) is 9.09. The molecule has 1 atom stereocenters. The summed E-state index contributed by atoms with van der Waals surface area (Å²) >= 11 is 0. The first-order chi connectivity index (χ1) is 13.2. The van der Waals surface area contributed by atoms with E-state index in [2.05, 4.69) is 32.4 Å². The second-order valence-electron chi connectivity index (χ2n) is 6.61. The molecule has 1 aliphatic rings. The number of nitrogens with zero attached hydrogens (tertiary/aromatic N) is 4. The fraction of sp³-hybridized carbons (Fsp3) is 0.368. The zero-order valence-corrected chi connectivity index (χ0v) is 15.4. The van der Waals surface area contributed by atoms with Crippen LogP contribution in [0.3, 0.4) is 0 Å². The number of carbonyl (C=O) groups excluding carboxylic acids is 1. The number of H-pyrrole nitrogens is 1. The zero-order valence-electron chi connectivity index (χ0n) is 15.4. The molecule has 0 saturated carbocycles. The number of methoxy groups -OCH3 is 1. The topological polar surface area (TPSA) is 97.7 Å². The van der Waals surface area contributed by atoms with E-state index < -0.39 is 0 Å². The minimum atomic E-state index is -0.175. The highest BCUT2D eigenvalue weighted by Crippen LogP contribution is 2.31. The first-order valence-electron chi connectivity index (χ1n) is 9.09. The summed E-state index contributed by atoms with van der Waals surface area (Å²) in [6.07, 6.45) is 3.30. The summed E-state index contributed by atoms with van der Waals surface area (Å²) in [5.41, 5.74) is 2.30. The van der Waals surface area contributed by atoms with Crippen molar-refractivity contribution in [1.82, 2.24) is 30.0 Å². The summed E-state index contributed by atoms with van der Waals surface area (Å²) in [7, 11) is 1.66. The maximum absolute atomic E-state index is 12.6. The Hall–Kier alpha value is -3.16. The van der Waals surface area contributed by atoms with Crippen LogP contribution in [0.1, 0.15) is 41.0 Å². The maximum Gasteiger partial charge on any atom is 0.271 e. The summed E-state index contributed by atoms with van der Waals surface area (Å²) in [6, 6.07) is 7.90. The number of nitrogens with one attached hydrogen (secondary N) is 2. The summed E-state index contributed by atoms with van der Waals surface area (Å²) in [5.74, 6) is 1.95. The number of hydrogen-bond acceptors (Lipinski definition) is 5. The van der Waals surface area contributed by atoms with Gasteiger partial charge in [0.25, 0.3) is 5.91 Å². The van der Waals surface area contributed by atoms with E-state index in [1.165, 1.54) is 0 Å². The number of amides is 1. The molecule has 3 aromatic rings. The van der Waals surface area contributed by atoms with E-state index in [-0.39, 0.29) is 11.8 Å². The molecule has 27 heavy (non-hydrogen) atoms. The second kappa shape index (κ2) is 7.22. The number of hydrogen-bond donors (Lipinski definition) is 2. The smallest absolute Gasteiger partial charge is 0.271 e. The molecule has 0 saturated heterocycles.